The first-order valence-corrected chi connectivity index (χ1v) is 3.63. The van der Waals surface area contributed by atoms with Gasteiger partial charge in [0.05, 0.1) is 11.5 Å². The van der Waals surface area contributed by atoms with Crippen LogP contribution in [-0.4, -0.2) is 16.2 Å². The average molecular weight is 186 g/mol. The fourth-order valence-electron chi connectivity index (χ4n) is 1.09. The van der Waals surface area contributed by atoms with Crippen molar-refractivity contribution in [2.24, 2.45) is 5.90 Å². The molecular formula is C7H10N2O4. The van der Waals surface area contributed by atoms with E-state index in [0.717, 1.165) is 0 Å². The van der Waals surface area contributed by atoms with Crippen molar-refractivity contribution in [2.45, 2.75) is 19.8 Å². The summed E-state index contributed by atoms with van der Waals surface area (Å²) in [6, 6.07) is 0. The standard InChI is InChI=1S/C7H10N2O4/c1-3(7(11)12-8)5-4(2)13-9-6(5)10/h3H,8H2,1-2H3,(H,9,10). The Morgan fingerprint density at radius 3 is 2.77 bits per heavy atom. The first-order valence-electron chi connectivity index (χ1n) is 3.63. The zero-order chi connectivity index (χ0) is 10.0. The van der Waals surface area contributed by atoms with Crippen LogP contribution in [0.25, 0.3) is 0 Å². The second-order valence-electron chi connectivity index (χ2n) is 2.63. The van der Waals surface area contributed by atoms with Gasteiger partial charge in [-0.3, -0.25) is 0 Å². The predicted octanol–water partition coefficient (Wildman–Crippen LogP) is 0.209. The molecule has 6 nitrogen and oxygen atoms in total. The molecule has 13 heavy (non-hydrogen) atoms. The Morgan fingerprint density at radius 1 is 1.77 bits per heavy atom. The van der Waals surface area contributed by atoms with Gasteiger partial charge in [-0.25, -0.2) is 4.79 Å². The van der Waals surface area contributed by atoms with Crippen LogP contribution in [0.1, 0.15) is 24.2 Å². The maximum absolute atomic E-state index is 11.0. The molecule has 3 N–H and O–H groups in total. The smallest absolute Gasteiger partial charge is 0.331 e. The summed E-state index contributed by atoms with van der Waals surface area (Å²) in [5.41, 5.74) is 0.301. The van der Waals surface area contributed by atoms with Gasteiger partial charge in [-0.15, -0.1) is 0 Å². The lowest BCUT2D eigenvalue weighted by atomic mass is 10.0. The number of aromatic hydroxyl groups is 1. The summed E-state index contributed by atoms with van der Waals surface area (Å²) in [7, 11) is 0. The Hall–Kier alpha value is -1.56. The third-order valence-corrected chi connectivity index (χ3v) is 1.79. The van der Waals surface area contributed by atoms with Gasteiger partial charge in [-0.05, 0) is 19.0 Å². The number of nitrogens with zero attached hydrogens (tertiary/aromatic N) is 1. The van der Waals surface area contributed by atoms with E-state index in [0.29, 0.717) is 11.3 Å². The molecule has 0 spiro atoms. The normalized spacial score (nSPS) is 12.5. The van der Waals surface area contributed by atoms with E-state index >= 15 is 0 Å². The molecule has 0 aliphatic carbocycles. The Morgan fingerprint density at radius 2 is 2.38 bits per heavy atom. The highest BCUT2D eigenvalue weighted by Gasteiger charge is 2.25. The highest BCUT2D eigenvalue weighted by atomic mass is 16.7. The van der Waals surface area contributed by atoms with Crippen LogP contribution in [0.2, 0.25) is 0 Å². The molecule has 72 valence electrons. The van der Waals surface area contributed by atoms with E-state index in [1.54, 1.807) is 6.92 Å². The Kier molecular flexibility index (Phi) is 2.52. The van der Waals surface area contributed by atoms with Crippen molar-refractivity contribution in [3.8, 4) is 5.88 Å². The Labute approximate surface area is 74.2 Å². The molecule has 0 aliphatic rings. The van der Waals surface area contributed by atoms with Crippen molar-refractivity contribution in [1.82, 2.24) is 5.16 Å². The number of rotatable bonds is 2. The van der Waals surface area contributed by atoms with Crippen LogP contribution in [0.4, 0.5) is 0 Å². The fourth-order valence-corrected chi connectivity index (χ4v) is 1.09. The number of hydrogen-bond acceptors (Lipinski definition) is 6. The summed E-state index contributed by atoms with van der Waals surface area (Å²) >= 11 is 0. The maximum Gasteiger partial charge on any atom is 0.331 e. The molecule has 0 amide bonds. The molecule has 1 rings (SSSR count). The zero-order valence-electron chi connectivity index (χ0n) is 7.27. The fraction of sp³-hybridized carbons (Fsp3) is 0.429. The minimum absolute atomic E-state index is 0.301. The summed E-state index contributed by atoms with van der Waals surface area (Å²) in [6.45, 7) is 3.12. The third kappa shape index (κ3) is 1.62. The Balaban J connectivity index is 3.00. The molecule has 0 aliphatic heterocycles. The third-order valence-electron chi connectivity index (χ3n) is 1.79. The van der Waals surface area contributed by atoms with E-state index in [2.05, 4.69) is 14.5 Å². The van der Waals surface area contributed by atoms with Crippen molar-refractivity contribution in [2.75, 3.05) is 0 Å². The second-order valence-corrected chi connectivity index (χ2v) is 2.63. The lowest BCUT2D eigenvalue weighted by molar-refractivity contribution is -0.145. The largest absolute Gasteiger partial charge is 0.491 e. The first-order chi connectivity index (χ1) is 6.07. The summed E-state index contributed by atoms with van der Waals surface area (Å²) < 4.78 is 4.66. The molecule has 1 heterocycles. The molecule has 0 fully saturated rings. The van der Waals surface area contributed by atoms with Crippen LogP contribution in [0, 0.1) is 6.92 Å². The van der Waals surface area contributed by atoms with E-state index in [1.165, 1.54) is 6.92 Å². The molecule has 0 saturated carbocycles. The number of nitrogens with two attached hydrogens (primary N) is 1. The molecule has 0 radical (unpaired) electrons. The number of aryl methyl sites for hydroxylation is 1. The number of carbonyl (C=O) groups is 1. The van der Waals surface area contributed by atoms with Crippen molar-refractivity contribution >= 4 is 5.97 Å². The van der Waals surface area contributed by atoms with Crippen LogP contribution in [0.5, 0.6) is 5.88 Å². The SMILES string of the molecule is Cc1onc(O)c1C(C)C(=O)ON. The molecule has 6 heteroatoms. The summed E-state index contributed by atoms with van der Waals surface area (Å²) in [6.07, 6.45) is 0. The molecule has 0 aromatic carbocycles. The monoisotopic (exact) mass is 186 g/mol. The predicted molar refractivity (Wildman–Crippen MR) is 41.6 cm³/mol. The molecule has 1 unspecified atom stereocenters. The van der Waals surface area contributed by atoms with Crippen molar-refractivity contribution < 1.29 is 19.3 Å². The van der Waals surface area contributed by atoms with E-state index in [1.807, 2.05) is 0 Å². The van der Waals surface area contributed by atoms with Crippen LogP contribution in [-0.2, 0) is 9.63 Å². The van der Waals surface area contributed by atoms with Gasteiger partial charge in [0, 0.05) is 0 Å². The quantitative estimate of drug-likeness (QED) is 0.640. The number of hydrogen-bond donors (Lipinski definition) is 2. The van der Waals surface area contributed by atoms with Gasteiger partial charge in [0.1, 0.15) is 5.76 Å². The second kappa shape index (κ2) is 3.44. The summed E-state index contributed by atoms with van der Waals surface area (Å²) in [5.74, 6) is 3.42. The lowest BCUT2D eigenvalue weighted by Crippen LogP contribution is -2.17. The van der Waals surface area contributed by atoms with E-state index in [4.69, 9.17) is 5.90 Å². The van der Waals surface area contributed by atoms with Crippen LogP contribution in [0.15, 0.2) is 4.52 Å². The average Bonchev–Trinajstić information content (AvgIpc) is 2.44. The van der Waals surface area contributed by atoms with Crippen LogP contribution in [0.3, 0.4) is 0 Å². The van der Waals surface area contributed by atoms with Crippen molar-refractivity contribution in [3.63, 3.8) is 0 Å². The molecule has 1 atom stereocenters. The maximum atomic E-state index is 11.0. The van der Waals surface area contributed by atoms with Gasteiger partial charge in [-0.1, -0.05) is 0 Å². The molecule has 0 bridgehead atoms. The Bertz CT molecular complexity index is 301. The van der Waals surface area contributed by atoms with Gasteiger partial charge in [0.2, 0.25) is 0 Å². The van der Waals surface area contributed by atoms with E-state index in [9.17, 15) is 9.90 Å². The van der Waals surface area contributed by atoms with E-state index < -0.39 is 11.9 Å². The topological polar surface area (TPSA) is 98.6 Å². The van der Waals surface area contributed by atoms with Gasteiger partial charge in [0.25, 0.3) is 5.88 Å². The van der Waals surface area contributed by atoms with Crippen LogP contribution < -0.4 is 5.90 Å². The molecule has 0 saturated heterocycles. The lowest BCUT2D eigenvalue weighted by Gasteiger charge is -2.05. The van der Waals surface area contributed by atoms with Gasteiger partial charge in [-0.2, -0.15) is 5.90 Å². The minimum Gasteiger partial charge on any atom is -0.491 e. The van der Waals surface area contributed by atoms with Gasteiger partial charge < -0.3 is 14.5 Å². The highest BCUT2D eigenvalue weighted by molar-refractivity contribution is 5.78. The van der Waals surface area contributed by atoms with Crippen LogP contribution >= 0.6 is 0 Å². The van der Waals surface area contributed by atoms with Crippen molar-refractivity contribution in [3.05, 3.63) is 11.3 Å². The first kappa shape index (κ1) is 9.53. The van der Waals surface area contributed by atoms with Gasteiger partial charge >= 0.3 is 5.97 Å². The molecule has 1 aromatic heterocycles. The molecule has 1 aromatic rings. The van der Waals surface area contributed by atoms with E-state index in [-0.39, 0.29) is 5.88 Å². The zero-order valence-corrected chi connectivity index (χ0v) is 7.27. The molecular weight excluding hydrogens is 176 g/mol. The number of carbonyl (C=O) groups excluding carboxylic acids is 1. The highest BCUT2D eigenvalue weighted by Crippen LogP contribution is 2.28. The van der Waals surface area contributed by atoms with Gasteiger partial charge in [0.15, 0.2) is 0 Å². The summed E-state index contributed by atoms with van der Waals surface area (Å²) in [5, 5.41) is 12.5. The van der Waals surface area contributed by atoms with Crippen molar-refractivity contribution in [1.29, 1.82) is 0 Å². The number of aromatic nitrogens is 1. The summed E-state index contributed by atoms with van der Waals surface area (Å²) in [4.78, 5) is 15.0. The minimum atomic E-state index is -0.684.